The largest absolute Gasteiger partial charge is 0.478 e. The van der Waals surface area contributed by atoms with Gasteiger partial charge in [-0.05, 0) is 36.4 Å². The van der Waals surface area contributed by atoms with Crippen LogP contribution in [0.4, 0.5) is 0 Å². The highest BCUT2D eigenvalue weighted by Gasteiger charge is 2.09. The summed E-state index contributed by atoms with van der Waals surface area (Å²) in [7, 11) is 1.57. The van der Waals surface area contributed by atoms with Crippen LogP contribution in [0.25, 0.3) is 16.9 Å². The van der Waals surface area contributed by atoms with E-state index in [0.717, 1.165) is 11.3 Å². The first-order valence-corrected chi connectivity index (χ1v) is 8.20. The van der Waals surface area contributed by atoms with E-state index in [9.17, 15) is 9.59 Å². The molecule has 3 aromatic rings. The Morgan fingerprint density at radius 3 is 2.48 bits per heavy atom. The summed E-state index contributed by atoms with van der Waals surface area (Å²) in [5.74, 6) is -1.18. The fraction of sp³-hybridized carbons (Fsp3) is 0.158. The van der Waals surface area contributed by atoms with Gasteiger partial charge in [0.25, 0.3) is 5.91 Å². The van der Waals surface area contributed by atoms with Crippen molar-refractivity contribution in [2.24, 2.45) is 0 Å². The number of carbonyl (C=O) groups excluding carboxylic acids is 1. The van der Waals surface area contributed by atoms with Crippen molar-refractivity contribution in [3.63, 3.8) is 0 Å². The van der Waals surface area contributed by atoms with Gasteiger partial charge in [-0.3, -0.25) is 9.78 Å². The number of hydrogen-bond acceptors (Lipinski definition) is 5. The van der Waals surface area contributed by atoms with Crippen LogP contribution in [-0.2, 0) is 4.74 Å². The third-order valence-electron chi connectivity index (χ3n) is 3.87. The number of aromatic carboxylic acids is 1. The van der Waals surface area contributed by atoms with Gasteiger partial charge in [0.2, 0.25) is 0 Å². The summed E-state index contributed by atoms with van der Waals surface area (Å²) in [6.45, 7) is 0.883. The Labute approximate surface area is 155 Å². The van der Waals surface area contributed by atoms with Gasteiger partial charge in [0, 0.05) is 31.6 Å². The number of rotatable bonds is 7. The molecule has 2 heterocycles. The molecule has 0 unspecified atom stereocenters. The summed E-state index contributed by atoms with van der Waals surface area (Å²) in [6, 6.07) is 9.86. The Hall–Kier alpha value is -3.52. The second-order valence-corrected chi connectivity index (χ2v) is 5.71. The monoisotopic (exact) mass is 366 g/mol. The third kappa shape index (κ3) is 4.36. The molecule has 1 amide bonds. The lowest BCUT2D eigenvalue weighted by molar-refractivity contribution is 0.0696. The number of hydrogen-bond donors (Lipinski definition) is 2. The number of ether oxygens (including phenoxy) is 1. The molecule has 0 spiro atoms. The molecule has 2 N–H and O–H groups in total. The number of aromatic nitrogens is 3. The fourth-order valence-electron chi connectivity index (χ4n) is 2.42. The molecule has 3 rings (SSSR count). The molecule has 0 aliphatic carbocycles. The number of nitrogens with one attached hydrogen (secondary N) is 1. The lowest BCUT2D eigenvalue weighted by Crippen LogP contribution is -2.26. The molecule has 0 radical (unpaired) electrons. The molecule has 0 aliphatic heterocycles. The van der Waals surface area contributed by atoms with Gasteiger partial charge in [0.15, 0.2) is 0 Å². The highest BCUT2D eigenvalue weighted by Crippen LogP contribution is 2.18. The first-order valence-electron chi connectivity index (χ1n) is 8.20. The minimum absolute atomic E-state index is 0.208. The summed E-state index contributed by atoms with van der Waals surface area (Å²) in [4.78, 5) is 27.2. The van der Waals surface area contributed by atoms with Crippen LogP contribution < -0.4 is 5.32 Å². The molecular weight excluding hydrogens is 348 g/mol. The van der Waals surface area contributed by atoms with Gasteiger partial charge in [0.05, 0.1) is 35.3 Å². The second-order valence-electron chi connectivity index (χ2n) is 5.71. The number of nitrogens with zero attached hydrogens (tertiary/aromatic N) is 3. The van der Waals surface area contributed by atoms with E-state index in [4.69, 9.17) is 9.84 Å². The van der Waals surface area contributed by atoms with Crippen molar-refractivity contribution in [3.8, 4) is 16.9 Å². The summed E-state index contributed by atoms with van der Waals surface area (Å²) < 4.78 is 6.53. The maximum absolute atomic E-state index is 12.0. The number of amides is 1. The van der Waals surface area contributed by atoms with E-state index in [1.54, 1.807) is 48.5 Å². The first-order chi connectivity index (χ1) is 13.1. The first kappa shape index (κ1) is 18.3. The topological polar surface area (TPSA) is 106 Å². The van der Waals surface area contributed by atoms with Gasteiger partial charge in [-0.1, -0.05) is 0 Å². The average molecular weight is 366 g/mol. The van der Waals surface area contributed by atoms with Crippen LogP contribution >= 0.6 is 0 Å². The number of carboxylic acid groups (broad SMARTS) is 1. The van der Waals surface area contributed by atoms with E-state index in [2.05, 4.69) is 15.4 Å². The molecule has 2 aromatic heterocycles. The van der Waals surface area contributed by atoms with Crippen LogP contribution in [-0.4, -0.2) is 52.0 Å². The number of pyridine rings is 1. The van der Waals surface area contributed by atoms with Gasteiger partial charge in [0.1, 0.15) is 0 Å². The minimum atomic E-state index is -0.974. The van der Waals surface area contributed by atoms with Crippen molar-refractivity contribution in [1.82, 2.24) is 20.1 Å². The Balaban J connectivity index is 1.72. The van der Waals surface area contributed by atoms with E-state index in [1.165, 1.54) is 18.3 Å². The van der Waals surface area contributed by atoms with Crippen molar-refractivity contribution in [3.05, 3.63) is 66.1 Å². The van der Waals surface area contributed by atoms with Crippen molar-refractivity contribution in [2.75, 3.05) is 20.3 Å². The van der Waals surface area contributed by atoms with Crippen molar-refractivity contribution in [2.45, 2.75) is 0 Å². The summed E-state index contributed by atoms with van der Waals surface area (Å²) in [5.41, 5.74) is 2.87. The van der Waals surface area contributed by atoms with Crippen LogP contribution in [0.3, 0.4) is 0 Å². The molecule has 8 heteroatoms. The van der Waals surface area contributed by atoms with Crippen molar-refractivity contribution < 1.29 is 19.4 Å². The van der Waals surface area contributed by atoms with Crippen LogP contribution in [0, 0.1) is 0 Å². The average Bonchev–Trinajstić information content (AvgIpc) is 3.18. The van der Waals surface area contributed by atoms with Crippen LogP contribution in [0.5, 0.6) is 0 Å². The highest BCUT2D eigenvalue weighted by molar-refractivity contribution is 5.94. The van der Waals surface area contributed by atoms with Crippen LogP contribution in [0.1, 0.15) is 20.7 Å². The summed E-state index contributed by atoms with van der Waals surface area (Å²) in [6.07, 6.45) is 4.96. The van der Waals surface area contributed by atoms with Crippen molar-refractivity contribution in [1.29, 1.82) is 0 Å². The zero-order chi connectivity index (χ0) is 19.2. The number of carboxylic acids is 1. The Morgan fingerprint density at radius 2 is 1.85 bits per heavy atom. The third-order valence-corrected chi connectivity index (χ3v) is 3.87. The minimum Gasteiger partial charge on any atom is -0.478 e. The smallest absolute Gasteiger partial charge is 0.335 e. The van der Waals surface area contributed by atoms with E-state index < -0.39 is 5.97 Å². The van der Waals surface area contributed by atoms with Crippen LogP contribution in [0.15, 0.2) is 55.0 Å². The summed E-state index contributed by atoms with van der Waals surface area (Å²) in [5, 5.41) is 16.0. The number of benzene rings is 1. The number of carbonyl (C=O) groups is 2. The standard InChI is InChI=1S/C19H18N4O4/c1-27-9-8-20-18(24)14-4-7-17(21-10-14)15-11-22-23(12-15)16-5-2-13(3-6-16)19(25)26/h2-7,10-12H,8-9H2,1H3,(H,20,24)(H,25,26). The van der Waals surface area contributed by atoms with E-state index in [1.807, 2.05) is 0 Å². The maximum atomic E-state index is 12.0. The molecule has 8 nitrogen and oxygen atoms in total. The van der Waals surface area contributed by atoms with E-state index in [0.29, 0.717) is 24.4 Å². The predicted molar refractivity (Wildman–Crippen MR) is 98.0 cm³/mol. The highest BCUT2D eigenvalue weighted by atomic mass is 16.5. The van der Waals surface area contributed by atoms with Gasteiger partial charge in [-0.25, -0.2) is 9.48 Å². The lowest BCUT2D eigenvalue weighted by Gasteiger charge is -2.04. The van der Waals surface area contributed by atoms with Gasteiger partial charge in [-0.2, -0.15) is 5.10 Å². The van der Waals surface area contributed by atoms with Gasteiger partial charge >= 0.3 is 5.97 Å². The normalized spacial score (nSPS) is 10.6. The number of methoxy groups -OCH3 is 1. The molecular formula is C19H18N4O4. The summed E-state index contributed by atoms with van der Waals surface area (Å²) >= 11 is 0. The Kier molecular flexibility index (Phi) is 5.58. The second kappa shape index (κ2) is 8.24. The Morgan fingerprint density at radius 1 is 1.11 bits per heavy atom. The lowest BCUT2D eigenvalue weighted by atomic mass is 10.2. The Bertz CT molecular complexity index is 933. The van der Waals surface area contributed by atoms with Gasteiger partial charge < -0.3 is 15.2 Å². The molecule has 1 aromatic carbocycles. The van der Waals surface area contributed by atoms with E-state index in [-0.39, 0.29) is 11.5 Å². The molecule has 138 valence electrons. The van der Waals surface area contributed by atoms with Gasteiger partial charge in [-0.15, -0.1) is 0 Å². The SMILES string of the molecule is COCCNC(=O)c1ccc(-c2cnn(-c3ccc(C(=O)O)cc3)c2)nc1. The quantitative estimate of drug-likeness (QED) is 0.620. The molecule has 0 fully saturated rings. The van der Waals surface area contributed by atoms with Crippen molar-refractivity contribution >= 4 is 11.9 Å². The molecule has 0 saturated heterocycles. The molecule has 0 atom stereocenters. The molecule has 0 aliphatic rings. The predicted octanol–water partition coefficient (Wildman–Crippen LogP) is 2.01. The zero-order valence-electron chi connectivity index (χ0n) is 14.6. The zero-order valence-corrected chi connectivity index (χ0v) is 14.6. The molecule has 0 bridgehead atoms. The molecule has 27 heavy (non-hydrogen) atoms. The molecule has 0 saturated carbocycles. The van der Waals surface area contributed by atoms with E-state index >= 15 is 0 Å². The maximum Gasteiger partial charge on any atom is 0.335 e. The fourth-order valence-corrected chi connectivity index (χ4v) is 2.42. The van der Waals surface area contributed by atoms with Crippen LogP contribution in [0.2, 0.25) is 0 Å².